The van der Waals surface area contributed by atoms with Crippen LogP contribution in [0.3, 0.4) is 0 Å². The SMILES string of the molecule is CCc1cc(C#N)ccc1CC(C)COc1cccc(C(C=CN)=NC)c1. The lowest BCUT2D eigenvalue weighted by Crippen LogP contribution is -2.12. The lowest BCUT2D eigenvalue weighted by Gasteiger charge is -2.16. The van der Waals surface area contributed by atoms with Crippen LogP contribution in [0.25, 0.3) is 0 Å². The van der Waals surface area contributed by atoms with E-state index in [1.54, 1.807) is 13.1 Å². The van der Waals surface area contributed by atoms with Gasteiger partial charge in [-0.25, -0.2) is 0 Å². The van der Waals surface area contributed by atoms with Gasteiger partial charge < -0.3 is 10.5 Å². The van der Waals surface area contributed by atoms with Crippen LogP contribution < -0.4 is 10.5 Å². The molecule has 0 aliphatic carbocycles. The summed E-state index contributed by atoms with van der Waals surface area (Å²) < 4.78 is 6.01. The fourth-order valence-corrected chi connectivity index (χ4v) is 3.03. The molecule has 0 fully saturated rings. The Morgan fingerprint density at radius 1 is 1.26 bits per heavy atom. The van der Waals surface area contributed by atoms with Crippen LogP contribution in [0, 0.1) is 17.2 Å². The molecule has 0 aliphatic heterocycles. The van der Waals surface area contributed by atoms with Crippen molar-refractivity contribution in [2.24, 2.45) is 16.6 Å². The van der Waals surface area contributed by atoms with Crippen LogP contribution >= 0.6 is 0 Å². The lowest BCUT2D eigenvalue weighted by molar-refractivity contribution is 0.259. The summed E-state index contributed by atoms with van der Waals surface area (Å²) in [7, 11) is 1.74. The van der Waals surface area contributed by atoms with E-state index in [1.807, 2.05) is 36.4 Å². The monoisotopic (exact) mass is 361 g/mol. The Morgan fingerprint density at radius 3 is 2.74 bits per heavy atom. The van der Waals surface area contributed by atoms with Gasteiger partial charge in [0.2, 0.25) is 0 Å². The molecule has 2 aromatic rings. The summed E-state index contributed by atoms with van der Waals surface area (Å²) >= 11 is 0. The third-order valence-electron chi connectivity index (χ3n) is 4.44. The van der Waals surface area contributed by atoms with Gasteiger partial charge in [-0.3, -0.25) is 4.99 Å². The maximum atomic E-state index is 9.06. The van der Waals surface area contributed by atoms with Crippen molar-refractivity contribution in [3.05, 3.63) is 77.0 Å². The molecule has 0 spiro atoms. The highest BCUT2D eigenvalue weighted by Gasteiger charge is 2.10. The Kier molecular flexibility index (Phi) is 7.63. The number of aliphatic imine (C=N–C) groups is 1. The van der Waals surface area contributed by atoms with E-state index in [1.165, 1.54) is 17.3 Å². The Hall–Kier alpha value is -3.06. The fourth-order valence-electron chi connectivity index (χ4n) is 3.03. The van der Waals surface area contributed by atoms with Crippen LogP contribution in [0.15, 0.2) is 59.7 Å². The normalized spacial score (nSPS) is 12.7. The summed E-state index contributed by atoms with van der Waals surface area (Å²) in [5.41, 5.74) is 10.5. The molecular formula is C23H27N3O. The van der Waals surface area contributed by atoms with Crippen LogP contribution in [-0.2, 0) is 12.8 Å². The van der Waals surface area contributed by atoms with Gasteiger partial charge in [-0.15, -0.1) is 0 Å². The molecule has 4 nitrogen and oxygen atoms in total. The molecule has 1 atom stereocenters. The third-order valence-corrected chi connectivity index (χ3v) is 4.44. The molecule has 0 saturated carbocycles. The van der Waals surface area contributed by atoms with E-state index < -0.39 is 0 Å². The van der Waals surface area contributed by atoms with Crippen molar-refractivity contribution in [1.82, 2.24) is 0 Å². The van der Waals surface area contributed by atoms with Crippen molar-refractivity contribution in [3.63, 3.8) is 0 Å². The molecule has 2 N–H and O–H groups in total. The van der Waals surface area contributed by atoms with Gasteiger partial charge in [-0.1, -0.05) is 32.0 Å². The molecule has 0 heterocycles. The number of hydrogen-bond acceptors (Lipinski definition) is 4. The number of benzene rings is 2. The van der Waals surface area contributed by atoms with Crippen molar-refractivity contribution < 1.29 is 4.74 Å². The summed E-state index contributed by atoms with van der Waals surface area (Å²) in [5, 5.41) is 9.06. The molecule has 0 bridgehead atoms. The topological polar surface area (TPSA) is 71.4 Å². The van der Waals surface area contributed by atoms with Crippen molar-refractivity contribution in [2.45, 2.75) is 26.7 Å². The van der Waals surface area contributed by atoms with Gasteiger partial charge in [0, 0.05) is 12.6 Å². The maximum Gasteiger partial charge on any atom is 0.119 e. The average Bonchev–Trinajstić information content (AvgIpc) is 2.71. The van der Waals surface area contributed by atoms with E-state index in [0.29, 0.717) is 12.5 Å². The van der Waals surface area contributed by atoms with Gasteiger partial charge >= 0.3 is 0 Å². The first-order valence-electron chi connectivity index (χ1n) is 9.21. The van der Waals surface area contributed by atoms with Crippen molar-refractivity contribution in [1.29, 1.82) is 5.26 Å². The van der Waals surface area contributed by atoms with Gasteiger partial charge in [0.1, 0.15) is 5.75 Å². The highest BCUT2D eigenvalue weighted by atomic mass is 16.5. The molecule has 2 rings (SSSR count). The zero-order valence-electron chi connectivity index (χ0n) is 16.3. The number of nitriles is 1. The Balaban J connectivity index is 2.02. The van der Waals surface area contributed by atoms with Gasteiger partial charge in [0.15, 0.2) is 0 Å². The Bertz CT molecular complexity index is 862. The quantitative estimate of drug-likeness (QED) is 0.714. The minimum Gasteiger partial charge on any atom is -0.493 e. The van der Waals surface area contributed by atoms with Crippen LogP contribution in [0.5, 0.6) is 5.75 Å². The van der Waals surface area contributed by atoms with E-state index in [9.17, 15) is 0 Å². The minimum atomic E-state index is 0.357. The summed E-state index contributed by atoms with van der Waals surface area (Å²) in [4.78, 5) is 4.24. The molecule has 1 unspecified atom stereocenters. The van der Waals surface area contributed by atoms with Gasteiger partial charge in [0.05, 0.1) is 24.0 Å². The molecule has 2 aromatic carbocycles. The number of nitrogens with zero attached hydrogens (tertiary/aromatic N) is 2. The average molecular weight is 361 g/mol. The van der Waals surface area contributed by atoms with E-state index in [2.05, 4.69) is 31.0 Å². The molecular weight excluding hydrogens is 334 g/mol. The van der Waals surface area contributed by atoms with Crippen molar-refractivity contribution in [3.8, 4) is 11.8 Å². The molecule has 0 aliphatic rings. The van der Waals surface area contributed by atoms with Gasteiger partial charge in [-0.2, -0.15) is 5.26 Å². The number of allylic oxidation sites excluding steroid dienone is 1. The number of aryl methyl sites for hydroxylation is 1. The van der Waals surface area contributed by atoms with E-state index in [0.717, 1.165) is 35.4 Å². The summed E-state index contributed by atoms with van der Waals surface area (Å²) in [6.07, 6.45) is 5.11. The van der Waals surface area contributed by atoms with Gasteiger partial charge in [-0.05, 0) is 66.4 Å². The molecule has 0 radical (unpaired) electrons. The van der Waals surface area contributed by atoms with Crippen LogP contribution in [0.1, 0.15) is 36.1 Å². The minimum absolute atomic E-state index is 0.357. The molecule has 140 valence electrons. The predicted molar refractivity (Wildman–Crippen MR) is 111 cm³/mol. The summed E-state index contributed by atoms with van der Waals surface area (Å²) in [5.74, 6) is 1.18. The standard InChI is InChI=1S/C23H27N3O/c1-4-19-13-18(15-25)8-9-20(19)12-17(2)16-27-22-7-5-6-21(14-22)23(26-3)10-11-24/h5-11,13-14,17H,4,12,16,24H2,1-3H3. The second kappa shape index (κ2) is 10.2. The third kappa shape index (κ3) is 5.72. The smallest absolute Gasteiger partial charge is 0.119 e. The molecule has 4 heteroatoms. The van der Waals surface area contributed by atoms with E-state index >= 15 is 0 Å². The molecule has 0 amide bonds. The second-order valence-electron chi connectivity index (χ2n) is 6.56. The Labute approximate surface area is 162 Å². The van der Waals surface area contributed by atoms with Crippen LogP contribution in [0.4, 0.5) is 0 Å². The number of ether oxygens (including phenoxy) is 1. The number of nitrogens with two attached hydrogens (primary N) is 1. The second-order valence-corrected chi connectivity index (χ2v) is 6.56. The summed E-state index contributed by atoms with van der Waals surface area (Å²) in [6.45, 7) is 4.92. The first-order chi connectivity index (χ1) is 13.1. The zero-order chi connectivity index (χ0) is 19.6. The number of rotatable bonds is 8. The lowest BCUT2D eigenvalue weighted by atomic mass is 9.94. The first-order valence-corrected chi connectivity index (χ1v) is 9.21. The fraction of sp³-hybridized carbons (Fsp3) is 0.304. The molecule has 0 saturated heterocycles. The molecule has 0 aromatic heterocycles. The van der Waals surface area contributed by atoms with E-state index in [4.69, 9.17) is 15.7 Å². The highest BCUT2D eigenvalue weighted by Crippen LogP contribution is 2.19. The van der Waals surface area contributed by atoms with Crippen molar-refractivity contribution in [2.75, 3.05) is 13.7 Å². The van der Waals surface area contributed by atoms with Crippen LogP contribution in [-0.4, -0.2) is 19.4 Å². The van der Waals surface area contributed by atoms with Crippen molar-refractivity contribution >= 4 is 5.71 Å². The highest BCUT2D eigenvalue weighted by molar-refractivity contribution is 6.08. The molecule has 27 heavy (non-hydrogen) atoms. The summed E-state index contributed by atoms with van der Waals surface area (Å²) in [6, 6.07) is 16.0. The van der Waals surface area contributed by atoms with E-state index in [-0.39, 0.29) is 0 Å². The zero-order valence-corrected chi connectivity index (χ0v) is 16.3. The van der Waals surface area contributed by atoms with Crippen LogP contribution in [0.2, 0.25) is 0 Å². The first kappa shape index (κ1) is 20.3. The van der Waals surface area contributed by atoms with Gasteiger partial charge in [0.25, 0.3) is 0 Å². The maximum absolute atomic E-state index is 9.06. The predicted octanol–water partition coefficient (Wildman–Crippen LogP) is 4.27. The number of hydrogen-bond donors (Lipinski definition) is 1. The Morgan fingerprint density at radius 2 is 2.07 bits per heavy atom. The largest absolute Gasteiger partial charge is 0.493 e.